The van der Waals surface area contributed by atoms with Gasteiger partial charge in [-0.2, -0.15) is 0 Å². The maximum atomic E-state index is 12.4. The second-order valence-corrected chi connectivity index (χ2v) is 5.35. The molecule has 0 bridgehead atoms. The maximum absolute atomic E-state index is 12.4. The Morgan fingerprint density at radius 2 is 2.11 bits per heavy atom. The van der Waals surface area contributed by atoms with Gasteiger partial charge in [0.05, 0.1) is 17.7 Å². The summed E-state index contributed by atoms with van der Waals surface area (Å²) in [4.78, 5) is 14.3. The first-order valence-electron chi connectivity index (χ1n) is 6.60. The van der Waals surface area contributed by atoms with Gasteiger partial charge in [-0.05, 0) is 32.4 Å². The highest BCUT2D eigenvalue weighted by atomic mass is 16.5. The third kappa shape index (κ3) is 3.26. The number of nitrogens with zero attached hydrogens (tertiary/aromatic N) is 1. The Bertz CT molecular complexity index is 456. The van der Waals surface area contributed by atoms with Crippen molar-refractivity contribution in [3.05, 3.63) is 29.8 Å². The number of ether oxygens (including phenoxy) is 2. The first kappa shape index (κ1) is 13.9. The number of methoxy groups -OCH3 is 1. The molecule has 0 aromatic heterocycles. The molecule has 4 nitrogen and oxygen atoms in total. The first-order valence-corrected chi connectivity index (χ1v) is 6.60. The molecule has 19 heavy (non-hydrogen) atoms. The average molecular weight is 263 g/mol. The van der Waals surface area contributed by atoms with Crippen LogP contribution in [-0.2, 0) is 4.74 Å². The van der Waals surface area contributed by atoms with E-state index in [1.807, 2.05) is 43.0 Å². The number of para-hydroxylation sites is 1. The van der Waals surface area contributed by atoms with E-state index in [2.05, 4.69) is 0 Å². The average Bonchev–Trinajstić information content (AvgIpc) is 2.57. The summed E-state index contributed by atoms with van der Waals surface area (Å²) in [5, 5.41) is 0. The molecule has 0 radical (unpaired) electrons. The normalized spacial score (nSPS) is 15.7. The van der Waals surface area contributed by atoms with Crippen LogP contribution < -0.4 is 4.74 Å². The van der Waals surface area contributed by atoms with Gasteiger partial charge in [0.1, 0.15) is 12.4 Å². The Labute approximate surface area is 114 Å². The van der Waals surface area contributed by atoms with Gasteiger partial charge in [-0.15, -0.1) is 0 Å². The van der Waals surface area contributed by atoms with E-state index in [9.17, 15) is 4.79 Å². The highest BCUT2D eigenvalue weighted by Gasteiger charge is 2.25. The van der Waals surface area contributed by atoms with Crippen LogP contribution in [0, 0.1) is 0 Å². The second kappa shape index (κ2) is 5.61. The predicted molar refractivity (Wildman–Crippen MR) is 73.5 cm³/mol. The molecule has 0 spiro atoms. The van der Waals surface area contributed by atoms with E-state index in [0.29, 0.717) is 31.0 Å². The molecule has 104 valence electrons. The molecule has 0 saturated heterocycles. The molecule has 0 atom stereocenters. The second-order valence-electron chi connectivity index (χ2n) is 5.35. The van der Waals surface area contributed by atoms with Gasteiger partial charge in [0.15, 0.2) is 0 Å². The van der Waals surface area contributed by atoms with Crippen molar-refractivity contribution in [2.45, 2.75) is 25.9 Å². The molecule has 1 aliphatic heterocycles. The smallest absolute Gasteiger partial charge is 0.257 e. The van der Waals surface area contributed by atoms with Crippen LogP contribution in [-0.4, -0.2) is 43.2 Å². The number of fused-ring (bicyclic) bond motifs is 1. The van der Waals surface area contributed by atoms with Crippen molar-refractivity contribution < 1.29 is 14.3 Å². The van der Waals surface area contributed by atoms with Crippen molar-refractivity contribution in [3.63, 3.8) is 0 Å². The van der Waals surface area contributed by atoms with E-state index in [0.717, 1.165) is 6.42 Å². The van der Waals surface area contributed by atoms with E-state index in [1.165, 1.54) is 0 Å². The van der Waals surface area contributed by atoms with Gasteiger partial charge in [-0.25, -0.2) is 0 Å². The van der Waals surface area contributed by atoms with E-state index in [-0.39, 0.29) is 11.5 Å². The lowest BCUT2D eigenvalue weighted by Crippen LogP contribution is -2.37. The molecule has 0 fully saturated rings. The summed E-state index contributed by atoms with van der Waals surface area (Å²) in [5.74, 6) is 0.723. The zero-order valence-electron chi connectivity index (χ0n) is 11.8. The first-order chi connectivity index (χ1) is 9.03. The number of amides is 1. The predicted octanol–water partition coefficient (Wildman–Crippen LogP) is 2.34. The van der Waals surface area contributed by atoms with Gasteiger partial charge >= 0.3 is 0 Å². The molecule has 1 heterocycles. The molecule has 1 amide bonds. The highest BCUT2D eigenvalue weighted by Crippen LogP contribution is 2.23. The number of hydrogen-bond acceptors (Lipinski definition) is 3. The molecule has 0 aliphatic carbocycles. The van der Waals surface area contributed by atoms with E-state index in [1.54, 1.807) is 7.11 Å². The molecular weight excluding hydrogens is 242 g/mol. The fourth-order valence-corrected chi connectivity index (χ4v) is 2.03. The zero-order chi connectivity index (χ0) is 13.9. The van der Waals surface area contributed by atoms with Crippen LogP contribution in [0.2, 0.25) is 0 Å². The number of rotatable bonds is 4. The summed E-state index contributed by atoms with van der Waals surface area (Å²) in [7, 11) is 1.70. The Kier molecular flexibility index (Phi) is 4.10. The summed E-state index contributed by atoms with van der Waals surface area (Å²) < 4.78 is 11.0. The van der Waals surface area contributed by atoms with Crippen LogP contribution in [0.5, 0.6) is 5.75 Å². The lowest BCUT2D eigenvalue weighted by Gasteiger charge is -2.27. The van der Waals surface area contributed by atoms with Crippen molar-refractivity contribution in [1.29, 1.82) is 0 Å². The molecule has 0 N–H and O–H groups in total. The monoisotopic (exact) mass is 263 g/mol. The molecule has 0 unspecified atom stereocenters. The minimum Gasteiger partial charge on any atom is -0.491 e. The molecule has 2 rings (SSSR count). The van der Waals surface area contributed by atoms with Crippen molar-refractivity contribution in [1.82, 2.24) is 4.90 Å². The molecule has 1 aliphatic rings. The van der Waals surface area contributed by atoms with Crippen LogP contribution in [0.15, 0.2) is 24.3 Å². The summed E-state index contributed by atoms with van der Waals surface area (Å²) in [6.07, 6.45) is 0.803. The molecule has 1 aromatic rings. The third-order valence-electron chi connectivity index (χ3n) is 3.56. The largest absolute Gasteiger partial charge is 0.491 e. The zero-order valence-corrected chi connectivity index (χ0v) is 11.8. The summed E-state index contributed by atoms with van der Waals surface area (Å²) in [6.45, 7) is 5.89. The van der Waals surface area contributed by atoms with E-state index in [4.69, 9.17) is 9.47 Å². The molecule has 4 heteroatoms. The van der Waals surface area contributed by atoms with Crippen LogP contribution in [0.3, 0.4) is 0 Å². The Morgan fingerprint density at radius 1 is 1.37 bits per heavy atom. The topological polar surface area (TPSA) is 38.8 Å². The van der Waals surface area contributed by atoms with Gasteiger partial charge in [-0.1, -0.05) is 12.1 Å². The number of carbonyl (C=O) groups excluding carboxylic acids is 1. The Morgan fingerprint density at radius 3 is 2.84 bits per heavy atom. The fraction of sp³-hybridized carbons (Fsp3) is 0.533. The summed E-state index contributed by atoms with van der Waals surface area (Å²) >= 11 is 0. The van der Waals surface area contributed by atoms with Crippen LogP contribution >= 0.6 is 0 Å². The minimum absolute atomic E-state index is 0.0417. The van der Waals surface area contributed by atoms with Crippen molar-refractivity contribution in [3.8, 4) is 5.75 Å². The number of benzene rings is 1. The Hall–Kier alpha value is -1.55. The number of carbonyl (C=O) groups is 1. The fourth-order valence-electron chi connectivity index (χ4n) is 2.03. The molecular formula is C15H21NO3. The van der Waals surface area contributed by atoms with Crippen LogP contribution in [0.4, 0.5) is 0 Å². The van der Waals surface area contributed by atoms with Crippen molar-refractivity contribution >= 4 is 5.91 Å². The third-order valence-corrected chi connectivity index (χ3v) is 3.56. The molecule has 1 aromatic carbocycles. The van der Waals surface area contributed by atoms with E-state index < -0.39 is 0 Å². The lowest BCUT2D eigenvalue weighted by molar-refractivity contribution is 0.00769. The Balaban J connectivity index is 2.09. The summed E-state index contributed by atoms with van der Waals surface area (Å²) in [6, 6.07) is 7.41. The van der Waals surface area contributed by atoms with E-state index >= 15 is 0 Å². The van der Waals surface area contributed by atoms with Gasteiger partial charge in [0.2, 0.25) is 0 Å². The number of hydrogen-bond donors (Lipinski definition) is 0. The maximum Gasteiger partial charge on any atom is 0.257 e. The minimum atomic E-state index is -0.215. The van der Waals surface area contributed by atoms with Crippen molar-refractivity contribution in [2.24, 2.45) is 0 Å². The molecule has 0 saturated carbocycles. The standard InChI is InChI=1S/C15H21NO3/c1-15(2,18-3)8-9-16-10-11-19-13-7-5-4-6-12(13)14(16)17/h4-7H,8-11H2,1-3H3. The van der Waals surface area contributed by atoms with Gasteiger partial charge < -0.3 is 14.4 Å². The van der Waals surface area contributed by atoms with Crippen LogP contribution in [0.1, 0.15) is 30.6 Å². The quantitative estimate of drug-likeness (QED) is 0.837. The highest BCUT2D eigenvalue weighted by molar-refractivity contribution is 5.97. The van der Waals surface area contributed by atoms with Crippen molar-refractivity contribution in [2.75, 3.05) is 26.8 Å². The van der Waals surface area contributed by atoms with Gasteiger partial charge in [0.25, 0.3) is 5.91 Å². The van der Waals surface area contributed by atoms with Gasteiger partial charge in [-0.3, -0.25) is 4.79 Å². The summed E-state index contributed by atoms with van der Waals surface area (Å²) in [5.41, 5.74) is 0.433. The van der Waals surface area contributed by atoms with Crippen LogP contribution in [0.25, 0.3) is 0 Å². The van der Waals surface area contributed by atoms with Gasteiger partial charge in [0, 0.05) is 13.7 Å². The lowest BCUT2D eigenvalue weighted by atomic mass is 10.0. The SMILES string of the molecule is COC(C)(C)CCN1CCOc2ccccc2C1=O.